The molecule has 0 saturated heterocycles. The van der Waals surface area contributed by atoms with Crippen molar-refractivity contribution in [1.82, 2.24) is 0 Å². The molecule has 0 aromatic carbocycles. The van der Waals surface area contributed by atoms with Gasteiger partial charge in [0, 0.05) is 17.2 Å². The SMILES string of the molecule is CCOC(=O)C(/C=C(\N)CBr)=C/N. The van der Waals surface area contributed by atoms with E-state index >= 15 is 0 Å². The predicted octanol–water partition coefficient (Wildman–Crippen LogP) is 0.630. The third-order valence-electron chi connectivity index (χ3n) is 1.19. The first-order valence-corrected chi connectivity index (χ1v) is 4.88. The lowest BCUT2D eigenvalue weighted by molar-refractivity contribution is -0.138. The lowest BCUT2D eigenvalue weighted by Gasteiger charge is -2.02. The fraction of sp³-hybridized carbons (Fsp3) is 0.375. The molecule has 4 nitrogen and oxygen atoms in total. The van der Waals surface area contributed by atoms with Crippen molar-refractivity contribution in [3.63, 3.8) is 0 Å². The van der Waals surface area contributed by atoms with E-state index in [9.17, 15) is 4.79 Å². The summed E-state index contributed by atoms with van der Waals surface area (Å²) in [7, 11) is 0. The van der Waals surface area contributed by atoms with Gasteiger partial charge in [-0.1, -0.05) is 15.9 Å². The van der Waals surface area contributed by atoms with Crippen molar-refractivity contribution < 1.29 is 9.53 Å². The van der Waals surface area contributed by atoms with Crippen LogP contribution in [0.1, 0.15) is 6.92 Å². The number of rotatable bonds is 4. The standard InChI is InChI=1S/C8H13BrN2O2/c1-2-13-8(12)6(5-10)3-7(11)4-9/h3,5H,2,4,10-11H2,1H3/b6-5+,7-3-. The summed E-state index contributed by atoms with van der Waals surface area (Å²) in [5, 5.41) is 0.490. The van der Waals surface area contributed by atoms with Crippen molar-refractivity contribution >= 4 is 21.9 Å². The van der Waals surface area contributed by atoms with Crippen molar-refractivity contribution in [2.24, 2.45) is 11.5 Å². The van der Waals surface area contributed by atoms with Crippen LogP contribution in [-0.2, 0) is 9.53 Å². The molecule has 0 spiro atoms. The molecule has 0 fully saturated rings. The highest BCUT2D eigenvalue weighted by molar-refractivity contribution is 9.09. The normalized spacial score (nSPS) is 12.8. The Morgan fingerprint density at radius 3 is 2.62 bits per heavy atom. The first-order chi connectivity index (χ1) is 6.15. The number of carbonyl (C=O) groups is 1. The zero-order valence-corrected chi connectivity index (χ0v) is 9.00. The summed E-state index contributed by atoms with van der Waals surface area (Å²) in [6, 6.07) is 0. The Kier molecular flexibility index (Phi) is 6.05. The second-order valence-corrected chi connectivity index (χ2v) is 2.76. The maximum absolute atomic E-state index is 11.1. The third-order valence-corrected chi connectivity index (χ3v) is 1.83. The Labute approximate surface area is 85.7 Å². The molecule has 0 saturated carbocycles. The van der Waals surface area contributed by atoms with E-state index in [2.05, 4.69) is 15.9 Å². The van der Waals surface area contributed by atoms with E-state index in [1.165, 1.54) is 12.3 Å². The highest BCUT2D eigenvalue weighted by atomic mass is 79.9. The quantitative estimate of drug-likeness (QED) is 0.331. The molecule has 4 N–H and O–H groups in total. The number of hydrogen-bond acceptors (Lipinski definition) is 4. The molecule has 0 aliphatic rings. The summed E-state index contributed by atoms with van der Waals surface area (Å²) in [6.45, 7) is 2.04. The van der Waals surface area contributed by atoms with E-state index in [0.29, 0.717) is 17.6 Å². The first-order valence-electron chi connectivity index (χ1n) is 3.76. The van der Waals surface area contributed by atoms with Crippen LogP contribution < -0.4 is 11.5 Å². The van der Waals surface area contributed by atoms with Crippen LogP contribution in [0.4, 0.5) is 0 Å². The number of allylic oxidation sites excluding steroid dienone is 1. The van der Waals surface area contributed by atoms with Crippen LogP contribution in [0.15, 0.2) is 23.5 Å². The second-order valence-electron chi connectivity index (χ2n) is 2.20. The highest BCUT2D eigenvalue weighted by Gasteiger charge is 2.06. The van der Waals surface area contributed by atoms with Gasteiger partial charge >= 0.3 is 5.97 Å². The van der Waals surface area contributed by atoms with Gasteiger partial charge in [0.05, 0.1) is 12.2 Å². The van der Waals surface area contributed by atoms with E-state index in [-0.39, 0.29) is 5.57 Å². The van der Waals surface area contributed by atoms with Crippen LogP contribution in [0.3, 0.4) is 0 Å². The molecule has 0 bridgehead atoms. The summed E-state index contributed by atoms with van der Waals surface area (Å²) < 4.78 is 4.74. The Bertz CT molecular complexity index is 236. The molecule has 0 aromatic heterocycles. The Hall–Kier alpha value is -0.970. The molecule has 13 heavy (non-hydrogen) atoms. The molecule has 0 aliphatic carbocycles. The van der Waals surface area contributed by atoms with E-state index in [0.717, 1.165) is 0 Å². The molecule has 0 radical (unpaired) electrons. The molecule has 0 amide bonds. The summed E-state index contributed by atoms with van der Waals surface area (Å²) in [6.07, 6.45) is 2.65. The van der Waals surface area contributed by atoms with Gasteiger partial charge in [0.15, 0.2) is 0 Å². The number of carbonyl (C=O) groups excluding carboxylic acids is 1. The number of nitrogens with two attached hydrogens (primary N) is 2. The van der Waals surface area contributed by atoms with Gasteiger partial charge in [-0.15, -0.1) is 0 Å². The van der Waals surface area contributed by atoms with Crippen LogP contribution >= 0.6 is 15.9 Å². The van der Waals surface area contributed by atoms with Crippen molar-refractivity contribution in [2.75, 3.05) is 11.9 Å². The van der Waals surface area contributed by atoms with Crippen LogP contribution in [0.5, 0.6) is 0 Å². The number of halogens is 1. The Morgan fingerprint density at radius 2 is 2.23 bits per heavy atom. The van der Waals surface area contributed by atoms with Crippen LogP contribution in [0.25, 0.3) is 0 Å². The topological polar surface area (TPSA) is 78.3 Å². The molecular weight excluding hydrogens is 236 g/mol. The minimum atomic E-state index is -0.464. The molecule has 74 valence electrons. The number of hydrogen-bond donors (Lipinski definition) is 2. The third kappa shape index (κ3) is 4.57. The molecule has 0 rings (SSSR count). The maximum Gasteiger partial charge on any atom is 0.339 e. The largest absolute Gasteiger partial charge is 0.462 e. The van der Waals surface area contributed by atoms with E-state index in [1.807, 2.05) is 0 Å². The summed E-state index contributed by atoms with van der Waals surface area (Å²) in [5.41, 5.74) is 11.5. The summed E-state index contributed by atoms with van der Waals surface area (Å²) >= 11 is 3.15. The average Bonchev–Trinajstić information content (AvgIpc) is 2.14. The number of alkyl halides is 1. The molecule has 0 unspecified atom stereocenters. The zero-order valence-electron chi connectivity index (χ0n) is 7.42. The molecular formula is C8H13BrN2O2. The maximum atomic E-state index is 11.1. The Balaban J connectivity index is 4.45. The van der Waals surface area contributed by atoms with Crippen molar-refractivity contribution in [3.8, 4) is 0 Å². The van der Waals surface area contributed by atoms with Crippen LogP contribution in [0.2, 0.25) is 0 Å². The van der Waals surface area contributed by atoms with Gasteiger partial charge in [0.2, 0.25) is 0 Å². The lowest BCUT2D eigenvalue weighted by Crippen LogP contribution is -2.10. The fourth-order valence-corrected chi connectivity index (χ4v) is 0.790. The molecule has 5 heteroatoms. The monoisotopic (exact) mass is 248 g/mol. The Morgan fingerprint density at radius 1 is 1.62 bits per heavy atom. The van der Waals surface area contributed by atoms with Crippen LogP contribution in [0, 0.1) is 0 Å². The lowest BCUT2D eigenvalue weighted by atomic mass is 10.2. The van der Waals surface area contributed by atoms with Gasteiger partial charge in [0.1, 0.15) is 0 Å². The van der Waals surface area contributed by atoms with Gasteiger partial charge in [-0.2, -0.15) is 0 Å². The fourth-order valence-electron chi connectivity index (χ4n) is 0.628. The van der Waals surface area contributed by atoms with Gasteiger partial charge in [0.25, 0.3) is 0 Å². The van der Waals surface area contributed by atoms with E-state index < -0.39 is 5.97 Å². The van der Waals surface area contributed by atoms with Gasteiger partial charge in [-0.25, -0.2) is 4.79 Å². The van der Waals surface area contributed by atoms with Gasteiger partial charge in [-0.05, 0) is 13.0 Å². The zero-order chi connectivity index (χ0) is 10.3. The molecule has 0 aliphatic heterocycles. The molecule has 0 aromatic rings. The van der Waals surface area contributed by atoms with Crippen molar-refractivity contribution in [1.29, 1.82) is 0 Å². The minimum absolute atomic E-state index is 0.263. The van der Waals surface area contributed by atoms with Gasteiger partial charge < -0.3 is 16.2 Å². The summed E-state index contributed by atoms with van der Waals surface area (Å²) in [5.74, 6) is -0.464. The number of esters is 1. The smallest absolute Gasteiger partial charge is 0.339 e. The summed E-state index contributed by atoms with van der Waals surface area (Å²) in [4.78, 5) is 11.1. The molecule has 0 heterocycles. The van der Waals surface area contributed by atoms with Crippen molar-refractivity contribution in [2.45, 2.75) is 6.92 Å². The highest BCUT2D eigenvalue weighted by Crippen LogP contribution is 2.02. The average molecular weight is 249 g/mol. The first kappa shape index (κ1) is 12.0. The second kappa shape index (κ2) is 6.54. The van der Waals surface area contributed by atoms with Gasteiger partial charge in [-0.3, -0.25) is 0 Å². The molecule has 0 atom stereocenters. The number of ether oxygens (including phenoxy) is 1. The predicted molar refractivity (Wildman–Crippen MR) is 55.0 cm³/mol. The van der Waals surface area contributed by atoms with Crippen molar-refractivity contribution in [3.05, 3.63) is 23.5 Å². The minimum Gasteiger partial charge on any atom is -0.462 e. The van der Waals surface area contributed by atoms with Crippen LogP contribution in [-0.4, -0.2) is 17.9 Å². The van der Waals surface area contributed by atoms with E-state index in [1.54, 1.807) is 6.92 Å². The van der Waals surface area contributed by atoms with E-state index in [4.69, 9.17) is 16.2 Å².